The molecule has 2 rings (SSSR count). The molecule has 1 saturated heterocycles. The van der Waals surface area contributed by atoms with Crippen LogP contribution in [0.2, 0.25) is 0 Å². The van der Waals surface area contributed by atoms with Gasteiger partial charge in [-0.1, -0.05) is 39.0 Å². The summed E-state index contributed by atoms with van der Waals surface area (Å²) in [6.45, 7) is 9.05. The summed E-state index contributed by atoms with van der Waals surface area (Å²) in [7, 11) is 0. The quantitative estimate of drug-likeness (QED) is 0.916. The number of carbonyl (C=O) groups is 2. The van der Waals surface area contributed by atoms with Crippen LogP contribution in [0.3, 0.4) is 0 Å². The van der Waals surface area contributed by atoms with Gasteiger partial charge in [-0.25, -0.2) is 0 Å². The Balaban J connectivity index is 1.95. The Bertz CT molecular complexity index is 565. The molecule has 1 aliphatic heterocycles. The van der Waals surface area contributed by atoms with E-state index in [4.69, 9.17) is 0 Å². The van der Waals surface area contributed by atoms with Gasteiger partial charge in [-0.15, -0.1) is 10.2 Å². The first kappa shape index (κ1) is 17.8. The third kappa shape index (κ3) is 4.73. The van der Waals surface area contributed by atoms with E-state index < -0.39 is 5.41 Å². The smallest absolute Gasteiger partial charge is 0.231 e. The molecule has 2 heterocycles. The number of rotatable bonds is 4. The molecule has 23 heavy (non-hydrogen) atoms. The van der Waals surface area contributed by atoms with Gasteiger partial charge in [-0.2, -0.15) is 0 Å². The molecule has 1 fully saturated rings. The molecule has 128 valence electrons. The minimum absolute atomic E-state index is 0.0596. The van der Waals surface area contributed by atoms with Crippen LogP contribution in [0.5, 0.6) is 0 Å². The van der Waals surface area contributed by atoms with Crippen LogP contribution in [-0.2, 0) is 16.0 Å². The lowest BCUT2D eigenvalue weighted by atomic mass is 9.91. The van der Waals surface area contributed by atoms with E-state index in [1.807, 2.05) is 25.7 Å². The number of piperidine rings is 1. The Labute approximate surface area is 141 Å². The largest absolute Gasteiger partial charge is 0.341 e. The van der Waals surface area contributed by atoms with Gasteiger partial charge >= 0.3 is 0 Å². The van der Waals surface area contributed by atoms with Crippen LogP contribution >= 0.6 is 11.3 Å². The second-order valence-corrected chi connectivity index (χ2v) is 8.14. The van der Waals surface area contributed by atoms with Crippen LogP contribution in [0, 0.1) is 11.3 Å². The number of likely N-dealkylation sites (tertiary alicyclic amines) is 1. The first-order valence-electron chi connectivity index (χ1n) is 8.24. The van der Waals surface area contributed by atoms with Crippen molar-refractivity contribution in [3.8, 4) is 0 Å². The van der Waals surface area contributed by atoms with Crippen molar-refractivity contribution in [2.75, 3.05) is 18.4 Å². The van der Waals surface area contributed by atoms with Gasteiger partial charge in [0.1, 0.15) is 5.01 Å². The lowest BCUT2D eigenvalue weighted by Gasteiger charge is -2.35. The molecule has 6 nitrogen and oxygen atoms in total. The molecular formula is C16H26N4O2S. The van der Waals surface area contributed by atoms with Crippen molar-refractivity contribution in [3.05, 3.63) is 5.01 Å². The van der Waals surface area contributed by atoms with E-state index in [9.17, 15) is 9.59 Å². The van der Waals surface area contributed by atoms with E-state index >= 15 is 0 Å². The summed E-state index contributed by atoms with van der Waals surface area (Å²) in [4.78, 5) is 26.7. The summed E-state index contributed by atoms with van der Waals surface area (Å²) in [5.74, 6) is -0.125. The van der Waals surface area contributed by atoms with Crippen LogP contribution in [-0.4, -0.2) is 40.0 Å². The number of nitrogens with one attached hydrogen (secondary N) is 1. The lowest BCUT2D eigenvalue weighted by molar-refractivity contribution is -0.142. The van der Waals surface area contributed by atoms with Gasteiger partial charge in [0.2, 0.25) is 16.9 Å². The number of aryl methyl sites for hydroxylation is 1. The molecule has 0 saturated carbocycles. The first-order valence-corrected chi connectivity index (χ1v) is 9.05. The Kier molecular flexibility index (Phi) is 5.73. The van der Waals surface area contributed by atoms with Gasteiger partial charge < -0.3 is 10.2 Å². The average Bonchev–Trinajstić information content (AvgIpc) is 2.93. The third-order valence-corrected chi connectivity index (χ3v) is 4.78. The van der Waals surface area contributed by atoms with E-state index in [1.54, 1.807) is 0 Å². The van der Waals surface area contributed by atoms with Crippen molar-refractivity contribution in [1.82, 2.24) is 15.1 Å². The van der Waals surface area contributed by atoms with Gasteiger partial charge in [0.15, 0.2) is 0 Å². The maximum absolute atomic E-state index is 12.4. The predicted molar refractivity (Wildman–Crippen MR) is 91.3 cm³/mol. The Hall–Kier alpha value is -1.50. The molecule has 0 unspecified atom stereocenters. The molecule has 7 heteroatoms. The standard InChI is InChI=1S/C16H26N4O2S/c1-5-7-12-18-19-15(23-12)17-13(21)11-8-6-9-20(10-11)14(22)16(2,3)4/h11H,5-10H2,1-4H3,(H,17,19,21)/t11-/m1/s1. The van der Waals surface area contributed by atoms with Gasteiger partial charge in [0, 0.05) is 24.9 Å². The zero-order chi connectivity index (χ0) is 17.0. The minimum atomic E-state index is -0.410. The molecule has 0 aliphatic carbocycles. The highest BCUT2D eigenvalue weighted by atomic mass is 32.1. The summed E-state index contributed by atoms with van der Waals surface area (Å²) in [6.07, 6.45) is 3.55. The zero-order valence-electron chi connectivity index (χ0n) is 14.4. The fourth-order valence-corrected chi connectivity index (χ4v) is 3.52. The topological polar surface area (TPSA) is 75.2 Å². The van der Waals surface area contributed by atoms with Crippen molar-refractivity contribution >= 4 is 28.3 Å². The van der Waals surface area contributed by atoms with E-state index in [2.05, 4.69) is 22.4 Å². The van der Waals surface area contributed by atoms with Crippen LogP contribution in [0.1, 0.15) is 52.0 Å². The molecule has 0 aromatic carbocycles. The first-order chi connectivity index (χ1) is 10.8. The maximum Gasteiger partial charge on any atom is 0.231 e. The van der Waals surface area contributed by atoms with E-state index in [0.717, 1.165) is 37.2 Å². The van der Waals surface area contributed by atoms with Crippen molar-refractivity contribution in [2.24, 2.45) is 11.3 Å². The monoisotopic (exact) mass is 338 g/mol. The molecule has 1 aliphatic rings. The molecule has 0 spiro atoms. The van der Waals surface area contributed by atoms with Gasteiger partial charge in [-0.3, -0.25) is 9.59 Å². The van der Waals surface area contributed by atoms with Crippen molar-refractivity contribution in [3.63, 3.8) is 0 Å². The Morgan fingerprint density at radius 2 is 2.09 bits per heavy atom. The average molecular weight is 338 g/mol. The van der Waals surface area contributed by atoms with Crippen LogP contribution in [0.25, 0.3) is 0 Å². The molecule has 1 aromatic rings. The SMILES string of the molecule is CCCc1nnc(NC(=O)[C@@H]2CCCN(C(=O)C(C)(C)C)C2)s1. The number of aromatic nitrogens is 2. The number of hydrogen-bond acceptors (Lipinski definition) is 5. The maximum atomic E-state index is 12.4. The number of amides is 2. The highest BCUT2D eigenvalue weighted by Gasteiger charge is 2.33. The van der Waals surface area contributed by atoms with E-state index in [0.29, 0.717) is 11.7 Å². The van der Waals surface area contributed by atoms with Gasteiger partial charge in [-0.05, 0) is 19.3 Å². The van der Waals surface area contributed by atoms with Crippen molar-refractivity contribution in [2.45, 2.75) is 53.4 Å². The molecule has 2 amide bonds. The van der Waals surface area contributed by atoms with Crippen LogP contribution in [0.15, 0.2) is 0 Å². The summed E-state index contributed by atoms with van der Waals surface area (Å²) in [6, 6.07) is 0. The molecule has 0 bridgehead atoms. The second-order valence-electron chi connectivity index (χ2n) is 7.08. The molecular weight excluding hydrogens is 312 g/mol. The van der Waals surface area contributed by atoms with Crippen molar-refractivity contribution < 1.29 is 9.59 Å². The number of carbonyl (C=O) groups excluding carboxylic acids is 2. The Morgan fingerprint density at radius 1 is 1.35 bits per heavy atom. The molecule has 1 aromatic heterocycles. The number of hydrogen-bond donors (Lipinski definition) is 1. The fraction of sp³-hybridized carbons (Fsp3) is 0.750. The van der Waals surface area contributed by atoms with Crippen LogP contribution < -0.4 is 5.32 Å². The highest BCUT2D eigenvalue weighted by Crippen LogP contribution is 2.25. The summed E-state index contributed by atoms with van der Waals surface area (Å²) in [5, 5.41) is 12.4. The molecule has 1 N–H and O–H groups in total. The summed E-state index contributed by atoms with van der Waals surface area (Å²) in [5.41, 5.74) is -0.410. The molecule has 0 radical (unpaired) electrons. The van der Waals surface area contributed by atoms with Gasteiger partial charge in [0.05, 0.1) is 5.92 Å². The van der Waals surface area contributed by atoms with E-state index in [1.165, 1.54) is 11.3 Å². The summed E-state index contributed by atoms with van der Waals surface area (Å²) >= 11 is 1.43. The summed E-state index contributed by atoms with van der Waals surface area (Å²) < 4.78 is 0. The fourth-order valence-electron chi connectivity index (χ4n) is 2.68. The zero-order valence-corrected chi connectivity index (χ0v) is 15.2. The van der Waals surface area contributed by atoms with E-state index in [-0.39, 0.29) is 17.7 Å². The second kappa shape index (κ2) is 7.38. The Morgan fingerprint density at radius 3 is 2.74 bits per heavy atom. The predicted octanol–water partition coefficient (Wildman–Crippen LogP) is 2.71. The highest BCUT2D eigenvalue weighted by molar-refractivity contribution is 7.15. The van der Waals surface area contributed by atoms with Gasteiger partial charge in [0.25, 0.3) is 0 Å². The number of anilines is 1. The van der Waals surface area contributed by atoms with Crippen LogP contribution in [0.4, 0.5) is 5.13 Å². The number of nitrogens with zero attached hydrogens (tertiary/aromatic N) is 3. The normalized spacial score (nSPS) is 18.8. The minimum Gasteiger partial charge on any atom is -0.341 e. The molecule has 1 atom stereocenters. The third-order valence-electron chi connectivity index (χ3n) is 3.88. The lowest BCUT2D eigenvalue weighted by Crippen LogP contribution is -2.47. The van der Waals surface area contributed by atoms with Crippen molar-refractivity contribution in [1.29, 1.82) is 0 Å².